The van der Waals surface area contributed by atoms with Gasteiger partial charge in [-0.3, -0.25) is 0 Å². The molecule has 0 bridgehead atoms. The Balaban J connectivity index is 2.32. The Morgan fingerprint density at radius 1 is 1.54 bits per heavy atom. The summed E-state index contributed by atoms with van der Waals surface area (Å²) in [7, 11) is 0. The minimum absolute atomic E-state index is 0.571. The molecule has 1 aliphatic rings. The summed E-state index contributed by atoms with van der Waals surface area (Å²) in [5.41, 5.74) is 1.35. The minimum atomic E-state index is 0.571. The van der Waals surface area contributed by atoms with Crippen molar-refractivity contribution in [3.63, 3.8) is 0 Å². The van der Waals surface area contributed by atoms with Crippen molar-refractivity contribution in [3.8, 4) is 0 Å². The molecule has 1 aromatic rings. The van der Waals surface area contributed by atoms with Crippen molar-refractivity contribution in [2.75, 3.05) is 6.54 Å². The Morgan fingerprint density at radius 3 is 3.08 bits per heavy atom. The monoisotopic (exact) mass is 196 g/mol. The quantitative estimate of drug-likeness (QED) is 0.785. The fraction of sp³-hybridized carbons (Fsp3) is 0.700. The van der Waals surface area contributed by atoms with E-state index in [0.717, 1.165) is 19.4 Å². The van der Waals surface area contributed by atoms with Gasteiger partial charge in [0.15, 0.2) is 0 Å². The lowest BCUT2D eigenvalue weighted by Gasteiger charge is -2.21. The molecular formula is C10H16N2S. The molecule has 0 radical (unpaired) electrons. The van der Waals surface area contributed by atoms with Crippen LogP contribution in [0.25, 0.3) is 0 Å². The molecule has 1 N–H and O–H groups in total. The topological polar surface area (TPSA) is 24.9 Å². The van der Waals surface area contributed by atoms with Crippen molar-refractivity contribution in [1.82, 2.24) is 10.3 Å². The summed E-state index contributed by atoms with van der Waals surface area (Å²) in [6, 6.07) is 0.571. The summed E-state index contributed by atoms with van der Waals surface area (Å²) < 4.78 is 0. The van der Waals surface area contributed by atoms with E-state index in [9.17, 15) is 0 Å². The van der Waals surface area contributed by atoms with Gasteiger partial charge in [-0.05, 0) is 12.8 Å². The molecule has 0 aromatic carbocycles. The summed E-state index contributed by atoms with van der Waals surface area (Å²) >= 11 is 1.89. The summed E-state index contributed by atoms with van der Waals surface area (Å²) in [6.07, 6.45) is 3.37. The molecule has 0 unspecified atom stereocenters. The first-order valence-electron chi connectivity index (χ1n) is 5.07. The SMILES string of the molecule is CCc1nc2c(s1)[C@H](CC)NCC2. The van der Waals surface area contributed by atoms with E-state index in [2.05, 4.69) is 24.1 Å². The van der Waals surface area contributed by atoms with Crippen LogP contribution < -0.4 is 5.32 Å². The third-order valence-corrected chi connectivity index (χ3v) is 3.91. The van der Waals surface area contributed by atoms with Crippen LogP contribution in [-0.2, 0) is 12.8 Å². The molecule has 72 valence electrons. The van der Waals surface area contributed by atoms with Gasteiger partial charge in [-0.2, -0.15) is 0 Å². The number of aryl methyl sites for hydroxylation is 1. The maximum Gasteiger partial charge on any atom is 0.0929 e. The van der Waals surface area contributed by atoms with Gasteiger partial charge < -0.3 is 5.32 Å². The Kier molecular flexibility index (Phi) is 2.65. The number of thiazole rings is 1. The second-order valence-electron chi connectivity index (χ2n) is 3.44. The molecule has 2 nitrogen and oxygen atoms in total. The summed E-state index contributed by atoms with van der Waals surface area (Å²) in [6.45, 7) is 5.51. The highest BCUT2D eigenvalue weighted by atomic mass is 32.1. The van der Waals surface area contributed by atoms with Crippen LogP contribution in [0.3, 0.4) is 0 Å². The van der Waals surface area contributed by atoms with Gasteiger partial charge in [0.1, 0.15) is 0 Å². The second kappa shape index (κ2) is 3.76. The van der Waals surface area contributed by atoms with Crippen LogP contribution in [0.15, 0.2) is 0 Å². The first-order chi connectivity index (χ1) is 6.35. The van der Waals surface area contributed by atoms with Gasteiger partial charge >= 0.3 is 0 Å². The van der Waals surface area contributed by atoms with E-state index in [4.69, 9.17) is 0 Å². The number of nitrogens with one attached hydrogen (secondary N) is 1. The summed E-state index contributed by atoms with van der Waals surface area (Å²) in [5, 5.41) is 4.83. The lowest BCUT2D eigenvalue weighted by atomic mass is 10.1. The zero-order valence-corrected chi connectivity index (χ0v) is 9.08. The van der Waals surface area contributed by atoms with Crippen molar-refractivity contribution in [1.29, 1.82) is 0 Å². The lowest BCUT2D eigenvalue weighted by Crippen LogP contribution is -2.28. The highest BCUT2D eigenvalue weighted by Crippen LogP contribution is 2.30. The van der Waals surface area contributed by atoms with E-state index in [1.807, 2.05) is 11.3 Å². The third-order valence-electron chi connectivity index (χ3n) is 2.55. The molecule has 1 aliphatic heterocycles. The first kappa shape index (κ1) is 9.16. The molecule has 0 aliphatic carbocycles. The van der Waals surface area contributed by atoms with Crippen LogP contribution in [-0.4, -0.2) is 11.5 Å². The largest absolute Gasteiger partial charge is 0.309 e. The van der Waals surface area contributed by atoms with Gasteiger partial charge in [0.05, 0.1) is 10.7 Å². The molecule has 13 heavy (non-hydrogen) atoms. The Hall–Kier alpha value is -0.410. The van der Waals surface area contributed by atoms with E-state index in [1.54, 1.807) is 0 Å². The molecule has 0 spiro atoms. The number of nitrogens with zero attached hydrogens (tertiary/aromatic N) is 1. The van der Waals surface area contributed by atoms with E-state index in [-0.39, 0.29) is 0 Å². The second-order valence-corrected chi connectivity index (χ2v) is 4.55. The van der Waals surface area contributed by atoms with E-state index >= 15 is 0 Å². The predicted molar refractivity (Wildman–Crippen MR) is 56.2 cm³/mol. The molecule has 0 saturated carbocycles. The highest BCUT2D eigenvalue weighted by Gasteiger charge is 2.21. The van der Waals surface area contributed by atoms with Crippen molar-refractivity contribution < 1.29 is 0 Å². The van der Waals surface area contributed by atoms with Gasteiger partial charge in [-0.25, -0.2) is 4.98 Å². The maximum absolute atomic E-state index is 4.65. The highest BCUT2D eigenvalue weighted by molar-refractivity contribution is 7.11. The number of hydrogen-bond acceptors (Lipinski definition) is 3. The number of rotatable bonds is 2. The van der Waals surface area contributed by atoms with E-state index in [0.29, 0.717) is 6.04 Å². The molecule has 2 rings (SSSR count). The normalized spacial score (nSPS) is 21.5. The molecular weight excluding hydrogens is 180 g/mol. The molecule has 2 heterocycles. The maximum atomic E-state index is 4.65. The standard InChI is InChI=1S/C10H16N2S/c1-3-7-10-8(5-6-11-7)12-9(4-2)13-10/h7,11H,3-6H2,1-2H3/t7-/m0/s1. The lowest BCUT2D eigenvalue weighted by molar-refractivity contribution is 0.497. The van der Waals surface area contributed by atoms with Crippen molar-refractivity contribution in [2.24, 2.45) is 0 Å². The molecule has 0 fully saturated rings. The van der Waals surface area contributed by atoms with Crippen molar-refractivity contribution >= 4 is 11.3 Å². The molecule has 0 amide bonds. The van der Waals surface area contributed by atoms with E-state index < -0.39 is 0 Å². The Bertz CT molecular complexity index is 293. The van der Waals surface area contributed by atoms with Crippen LogP contribution in [0, 0.1) is 0 Å². The molecule has 1 aromatic heterocycles. The summed E-state index contributed by atoms with van der Waals surface area (Å²) in [5.74, 6) is 0. The van der Waals surface area contributed by atoms with Crippen LogP contribution in [0.5, 0.6) is 0 Å². The van der Waals surface area contributed by atoms with Crippen LogP contribution in [0.4, 0.5) is 0 Å². The van der Waals surface area contributed by atoms with Crippen LogP contribution >= 0.6 is 11.3 Å². The van der Waals surface area contributed by atoms with Gasteiger partial charge in [-0.15, -0.1) is 11.3 Å². The number of hydrogen-bond donors (Lipinski definition) is 1. The average molecular weight is 196 g/mol. The fourth-order valence-corrected chi connectivity index (χ4v) is 3.02. The number of aromatic nitrogens is 1. The predicted octanol–water partition coefficient (Wildman–Crippen LogP) is 2.30. The number of fused-ring (bicyclic) bond motifs is 1. The molecule has 1 atom stereocenters. The van der Waals surface area contributed by atoms with Gasteiger partial charge in [0.25, 0.3) is 0 Å². The smallest absolute Gasteiger partial charge is 0.0929 e. The molecule has 3 heteroatoms. The zero-order valence-electron chi connectivity index (χ0n) is 8.26. The van der Waals surface area contributed by atoms with Crippen LogP contribution in [0.1, 0.15) is 41.9 Å². The first-order valence-corrected chi connectivity index (χ1v) is 5.88. The fourth-order valence-electron chi connectivity index (χ4n) is 1.80. The third kappa shape index (κ3) is 1.63. The Morgan fingerprint density at radius 2 is 2.38 bits per heavy atom. The van der Waals surface area contributed by atoms with Crippen molar-refractivity contribution in [2.45, 2.75) is 39.2 Å². The van der Waals surface area contributed by atoms with Crippen molar-refractivity contribution in [3.05, 3.63) is 15.6 Å². The molecule has 0 saturated heterocycles. The van der Waals surface area contributed by atoms with Gasteiger partial charge in [0.2, 0.25) is 0 Å². The Labute approximate surface area is 83.4 Å². The van der Waals surface area contributed by atoms with Gasteiger partial charge in [0, 0.05) is 23.9 Å². The van der Waals surface area contributed by atoms with Crippen LogP contribution in [0.2, 0.25) is 0 Å². The zero-order chi connectivity index (χ0) is 9.26. The van der Waals surface area contributed by atoms with E-state index in [1.165, 1.54) is 22.0 Å². The minimum Gasteiger partial charge on any atom is -0.309 e. The average Bonchev–Trinajstić information content (AvgIpc) is 2.59. The summed E-state index contributed by atoms with van der Waals surface area (Å²) in [4.78, 5) is 6.14. The van der Waals surface area contributed by atoms with Gasteiger partial charge in [-0.1, -0.05) is 13.8 Å².